The van der Waals surface area contributed by atoms with Crippen LogP contribution < -0.4 is 0 Å². The van der Waals surface area contributed by atoms with Gasteiger partial charge in [-0.25, -0.2) is 0 Å². The minimum atomic E-state index is 0. The summed E-state index contributed by atoms with van der Waals surface area (Å²) in [5.41, 5.74) is 0.703. The molecule has 0 aromatic heterocycles. The zero-order chi connectivity index (χ0) is 8.39. The summed E-state index contributed by atoms with van der Waals surface area (Å²) >= 11 is 0. The van der Waals surface area contributed by atoms with Crippen LogP contribution in [0.4, 0.5) is 0 Å². The maximum atomic E-state index is 8.64. The van der Waals surface area contributed by atoms with E-state index in [9.17, 15) is 0 Å². The van der Waals surface area contributed by atoms with Gasteiger partial charge in [-0.3, -0.25) is 0 Å². The van der Waals surface area contributed by atoms with E-state index in [1.807, 2.05) is 36.4 Å². The largest absolute Gasteiger partial charge is 0.192 e. The first-order valence-corrected chi connectivity index (χ1v) is 3.70. The Kier molecular flexibility index (Phi) is 3.14. The number of benzene rings is 2. The van der Waals surface area contributed by atoms with Gasteiger partial charge in [-0.2, -0.15) is 29.5 Å². The van der Waals surface area contributed by atoms with Gasteiger partial charge in [-0.05, 0) is 0 Å². The van der Waals surface area contributed by atoms with Crippen molar-refractivity contribution in [2.45, 2.75) is 0 Å². The molecule has 0 heterocycles. The van der Waals surface area contributed by atoms with E-state index >= 15 is 0 Å². The number of hydrogen-bond donors (Lipinski definition) is 0. The van der Waals surface area contributed by atoms with Crippen LogP contribution in [-0.4, -0.2) is 0 Å². The summed E-state index contributed by atoms with van der Waals surface area (Å²) in [4.78, 5) is 0. The zero-order valence-corrected chi connectivity index (χ0v) is 8.26. The van der Waals surface area contributed by atoms with Crippen molar-refractivity contribution in [3.8, 4) is 6.07 Å². The third-order valence-electron chi connectivity index (χ3n) is 1.81. The van der Waals surface area contributed by atoms with Gasteiger partial charge >= 0.3 is 0 Å². The average molecular weight is 203 g/mol. The average Bonchev–Trinajstić information content (AvgIpc) is 2.17. The fraction of sp³-hybridized carbons (Fsp3) is 0. The second kappa shape index (κ2) is 4.14. The predicted molar refractivity (Wildman–Crippen MR) is 47.5 cm³/mol. The summed E-state index contributed by atoms with van der Waals surface area (Å²) in [5, 5.41) is 10.9. The Morgan fingerprint density at radius 2 is 2.00 bits per heavy atom. The van der Waals surface area contributed by atoms with Gasteiger partial charge in [0, 0.05) is 24.1 Å². The molecule has 2 rings (SSSR count). The first-order valence-electron chi connectivity index (χ1n) is 3.70. The van der Waals surface area contributed by atoms with E-state index in [0.29, 0.717) is 5.56 Å². The smallest absolute Gasteiger partial charge is 0.0990 e. The number of nitriles is 1. The van der Waals surface area contributed by atoms with Gasteiger partial charge < -0.3 is 0 Å². The van der Waals surface area contributed by atoms with E-state index < -0.39 is 0 Å². The Labute approximate surface area is 88.9 Å². The molecule has 0 fully saturated rings. The van der Waals surface area contributed by atoms with E-state index in [-0.39, 0.29) is 18.6 Å². The van der Waals surface area contributed by atoms with Crippen LogP contribution in [-0.2, 0) is 18.6 Å². The van der Waals surface area contributed by atoms with Crippen LogP contribution in [0.25, 0.3) is 10.8 Å². The topological polar surface area (TPSA) is 23.8 Å². The van der Waals surface area contributed by atoms with Gasteiger partial charge in [0.15, 0.2) is 0 Å². The van der Waals surface area contributed by atoms with Crippen molar-refractivity contribution in [3.05, 3.63) is 48.0 Å². The molecule has 0 aliphatic rings. The molecule has 1 nitrogen and oxygen atoms in total. The van der Waals surface area contributed by atoms with Gasteiger partial charge in [0.1, 0.15) is 0 Å². The SMILES string of the molecule is N#Cc1ccc2c[c-]ccc2c1.[V]. The molecule has 0 unspecified atom stereocenters. The summed E-state index contributed by atoms with van der Waals surface area (Å²) in [5.74, 6) is 0. The molecule has 0 aliphatic carbocycles. The molecule has 1 radical (unpaired) electrons. The zero-order valence-electron chi connectivity index (χ0n) is 6.86. The van der Waals surface area contributed by atoms with E-state index in [2.05, 4.69) is 12.1 Å². The monoisotopic (exact) mass is 203 g/mol. The normalized spacial score (nSPS) is 8.85. The summed E-state index contributed by atoms with van der Waals surface area (Å²) in [6, 6.07) is 16.4. The van der Waals surface area contributed by atoms with E-state index in [0.717, 1.165) is 10.8 Å². The first-order chi connectivity index (χ1) is 5.90. The Balaban J connectivity index is 0.000000845. The van der Waals surface area contributed by atoms with Crippen LogP contribution in [0.5, 0.6) is 0 Å². The molecule has 2 aromatic rings. The van der Waals surface area contributed by atoms with Crippen LogP contribution in [0.3, 0.4) is 0 Å². The molecule has 0 N–H and O–H groups in total. The summed E-state index contributed by atoms with van der Waals surface area (Å²) < 4.78 is 0. The van der Waals surface area contributed by atoms with Crippen LogP contribution in [0.1, 0.15) is 5.56 Å². The molecule has 0 saturated heterocycles. The van der Waals surface area contributed by atoms with Crippen LogP contribution in [0.2, 0.25) is 0 Å². The number of rotatable bonds is 0. The van der Waals surface area contributed by atoms with Crippen molar-refractivity contribution in [2.24, 2.45) is 0 Å². The Hall–Kier alpha value is -1.23. The molecule has 0 saturated carbocycles. The van der Waals surface area contributed by atoms with Crippen molar-refractivity contribution >= 4 is 10.8 Å². The minimum Gasteiger partial charge on any atom is -0.192 e. The molecule has 13 heavy (non-hydrogen) atoms. The first kappa shape index (κ1) is 9.86. The van der Waals surface area contributed by atoms with Crippen molar-refractivity contribution in [1.29, 1.82) is 5.26 Å². The van der Waals surface area contributed by atoms with Gasteiger partial charge in [-0.1, -0.05) is 12.1 Å². The minimum absolute atomic E-state index is 0. The standard InChI is InChI=1S/C11H6N.V/c12-8-9-5-6-10-3-1-2-4-11(10)7-9;/h2-7H;/q-1;. The molecular formula is C11H6NV-. The second-order valence-corrected chi connectivity index (χ2v) is 2.60. The molecule has 2 heteroatoms. The molecule has 0 aliphatic heterocycles. The quantitative estimate of drug-likeness (QED) is 0.603. The van der Waals surface area contributed by atoms with E-state index in [1.165, 1.54) is 0 Å². The number of nitrogens with zero attached hydrogens (tertiary/aromatic N) is 1. The van der Waals surface area contributed by atoms with Crippen molar-refractivity contribution in [3.63, 3.8) is 0 Å². The molecule has 61 valence electrons. The van der Waals surface area contributed by atoms with Crippen LogP contribution in [0.15, 0.2) is 36.4 Å². The van der Waals surface area contributed by atoms with E-state index in [4.69, 9.17) is 5.26 Å². The fourth-order valence-electron chi connectivity index (χ4n) is 1.20. The maximum absolute atomic E-state index is 8.64. The number of fused-ring (bicyclic) bond motifs is 1. The molecular weight excluding hydrogens is 197 g/mol. The number of hydrogen-bond acceptors (Lipinski definition) is 1. The second-order valence-electron chi connectivity index (χ2n) is 2.60. The molecule has 0 spiro atoms. The third kappa shape index (κ3) is 1.92. The summed E-state index contributed by atoms with van der Waals surface area (Å²) in [6.07, 6.45) is 0. The van der Waals surface area contributed by atoms with Gasteiger partial charge in [-0.15, -0.1) is 16.8 Å². The summed E-state index contributed by atoms with van der Waals surface area (Å²) in [6.45, 7) is 0. The third-order valence-corrected chi connectivity index (χ3v) is 1.81. The predicted octanol–water partition coefficient (Wildman–Crippen LogP) is 2.51. The Morgan fingerprint density at radius 1 is 1.15 bits per heavy atom. The van der Waals surface area contributed by atoms with Crippen molar-refractivity contribution in [2.75, 3.05) is 0 Å². The van der Waals surface area contributed by atoms with Crippen LogP contribution in [0, 0.1) is 17.4 Å². The Bertz CT molecular complexity index is 457. The summed E-state index contributed by atoms with van der Waals surface area (Å²) in [7, 11) is 0. The van der Waals surface area contributed by atoms with Gasteiger partial charge in [0.2, 0.25) is 0 Å². The van der Waals surface area contributed by atoms with Crippen molar-refractivity contribution < 1.29 is 18.6 Å². The molecule has 2 aromatic carbocycles. The van der Waals surface area contributed by atoms with E-state index in [1.54, 1.807) is 0 Å². The molecule has 0 atom stereocenters. The van der Waals surface area contributed by atoms with Crippen molar-refractivity contribution in [1.82, 2.24) is 0 Å². The maximum Gasteiger partial charge on any atom is 0.0990 e. The van der Waals surface area contributed by atoms with Gasteiger partial charge in [0.25, 0.3) is 0 Å². The molecule has 0 amide bonds. The molecule has 0 bridgehead atoms. The fourth-order valence-corrected chi connectivity index (χ4v) is 1.20. The van der Waals surface area contributed by atoms with Crippen LogP contribution >= 0.6 is 0 Å². The Morgan fingerprint density at radius 3 is 2.77 bits per heavy atom. The van der Waals surface area contributed by atoms with Gasteiger partial charge in [0.05, 0.1) is 6.07 Å².